The van der Waals surface area contributed by atoms with Crippen LogP contribution in [-0.4, -0.2) is 22.1 Å². The van der Waals surface area contributed by atoms with E-state index in [4.69, 9.17) is 4.74 Å². The second-order valence-electron chi connectivity index (χ2n) is 6.25. The topological polar surface area (TPSA) is 59.9 Å². The Morgan fingerprint density at radius 1 is 1.15 bits per heavy atom. The molecule has 8 heteroatoms. The fourth-order valence-corrected chi connectivity index (χ4v) is 3.04. The summed E-state index contributed by atoms with van der Waals surface area (Å²) in [6, 6.07) is 5.52. The second kappa shape index (κ2) is 7.02. The number of nitrogens with one attached hydrogen (secondary N) is 1. The summed E-state index contributed by atoms with van der Waals surface area (Å²) >= 11 is 0. The minimum absolute atomic E-state index is 0.191. The molecule has 0 saturated carbocycles. The van der Waals surface area contributed by atoms with Crippen molar-refractivity contribution in [2.45, 2.75) is 33.0 Å². The van der Waals surface area contributed by atoms with Crippen LogP contribution >= 0.6 is 0 Å². The van der Waals surface area contributed by atoms with Crippen molar-refractivity contribution >= 4 is 16.9 Å². The number of rotatable bonds is 4. The molecule has 0 aliphatic heterocycles. The van der Waals surface area contributed by atoms with E-state index in [1.165, 1.54) is 20.1 Å². The number of aryl methyl sites for hydroxylation is 1. The second-order valence-corrected chi connectivity index (χ2v) is 6.25. The third kappa shape index (κ3) is 3.79. The molecule has 0 fully saturated rings. The SMILES string of the molecule is COc1cnc2nc(C)nc(N[C@H](C)c3cccc(C(F)(F)F)c3C)c2c1. The lowest BCUT2D eigenvalue weighted by Crippen LogP contribution is -2.14. The van der Waals surface area contributed by atoms with Crippen LogP contribution in [0.15, 0.2) is 30.5 Å². The predicted molar refractivity (Wildman–Crippen MR) is 96.8 cm³/mol. The Kier molecular flexibility index (Phi) is 4.91. The summed E-state index contributed by atoms with van der Waals surface area (Å²) in [6.45, 7) is 5.00. The van der Waals surface area contributed by atoms with E-state index in [2.05, 4.69) is 20.3 Å². The highest BCUT2D eigenvalue weighted by Gasteiger charge is 2.33. The minimum atomic E-state index is -4.39. The molecule has 0 aliphatic rings. The van der Waals surface area contributed by atoms with Crippen molar-refractivity contribution in [3.63, 3.8) is 0 Å². The Bertz CT molecular complexity index is 989. The Labute approximate surface area is 154 Å². The van der Waals surface area contributed by atoms with Crippen molar-refractivity contribution in [1.29, 1.82) is 0 Å². The maximum absolute atomic E-state index is 13.2. The summed E-state index contributed by atoms with van der Waals surface area (Å²) in [6.07, 6.45) is -2.84. The van der Waals surface area contributed by atoms with E-state index in [0.717, 1.165) is 6.07 Å². The quantitative estimate of drug-likeness (QED) is 0.706. The monoisotopic (exact) mass is 376 g/mol. The van der Waals surface area contributed by atoms with E-state index in [0.29, 0.717) is 34.0 Å². The summed E-state index contributed by atoms with van der Waals surface area (Å²) < 4.78 is 44.8. The Balaban J connectivity index is 2.03. The van der Waals surface area contributed by atoms with E-state index in [9.17, 15) is 13.2 Å². The normalized spacial score (nSPS) is 12.9. The molecular weight excluding hydrogens is 357 g/mol. The van der Waals surface area contributed by atoms with Crippen molar-refractivity contribution in [2.24, 2.45) is 0 Å². The average molecular weight is 376 g/mol. The molecular formula is C19H19F3N4O. The molecule has 0 amide bonds. The van der Waals surface area contributed by atoms with Gasteiger partial charge in [0.25, 0.3) is 0 Å². The van der Waals surface area contributed by atoms with Gasteiger partial charge in [0.05, 0.1) is 30.3 Å². The van der Waals surface area contributed by atoms with E-state index in [1.54, 1.807) is 32.2 Å². The van der Waals surface area contributed by atoms with Gasteiger partial charge in [0.1, 0.15) is 17.4 Å². The van der Waals surface area contributed by atoms with Crippen molar-refractivity contribution < 1.29 is 17.9 Å². The van der Waals surface area contributed by atoms with Gasteiger partial charge in [-0.1, -0.05) is 12.1 Å². The van der Waals surface area contributed by atoms with Crippen LogP contribution in [0, 0.1) is 13.8 Å². The zero-order valence-corrected chi connectivity index (χ0v) is 15.3. The van der Waals surface area contributed by atoms with Gasteiger partial charge in [-0.3, -0.25) is 0 Å². The number of benzene rings is 1. The molecule has 142 valence electrons. The zero-order chi connectivity index (χ0) is 19.8. The lowest BCUT2D eigenvalue weighted by molar-refractivity contribution is -0.138. The molecule has 3 rings (SSSR count). The van der Waals surface area contributed by atoms with Gasteiger partial charge < -0.3 is 10.1 Å². The van der Waals surface area contributed by atoms with Gasteiger partial charge in [0, 0.05) is 0 Å². The number of nitrogens with zero attached hydrogens (tertiary/aromatic N) is 3. The Morgan fingerprint density at radius 3 is 2.56 bits per heavy atom. The highest BCUT2D eigenvalue weighted by atomic mass is 19.4. The zero-order valence-electron chi connectivity index (χ0n) is 15.3. The number of methoxy groups -OCH3 is 1. The van der Waals surface area contributed by atoms with Crippen LogP contribution in [0.5, 0.6) is 5.75 Å². The third-order valence-electron chi connectivity index (χ3n) is 4.37. The van der Waals surface area contributed by atoms with Gasteiger partial charge in [0.2, 0.25) is 0 Å². The fourth-order valence-electron chi connectivity index (χ4n) is 3.04. The van der Waals surface area contributed by atoms with Gasteiger partial charge in [-0.2, -0.15) is 13.2 Å². The molecule has 1 N–H and O–H groups in total. The number of aromatic nitrogens is 3. The average Bonchev–Trinajstić information content (AvgIpc) is 2.60. The van der Waals surface area contributed by atoms with Crippen LogP contribution in [0.1, 0.15) is 35.5 Å². The number of alkyl halides is 3. The number of anilines is 1. The summed E-state index contributed by atoms with van der Waals surface area (Å²) in [5, 5.41) is 3.83. The molecule has 5 nitrogen and oxygen atoms in total. The van der Waals surface area contributed by atoms with Crippen molar-refractivity contribution in [2.75, 3.05) is 12.4 Å². The van der Waals surface area contributed by atoms with Gasteiger partial charge in [-0.15, -0.1) is 0 Å². The lowest BCUT2D eigenvalue weighted by atomic mass is 9.97. The summed E-state index contributed by atoms with van der Waals surface area (Å²) in [4.78, 5) is 12.9. The van der Waals surface area contributed by atoms with Crippen molar-refractivity contribution in [3.8, 4) is 5.75 Å². The third-order valence-corrected chi connectivity index (χ3v) is 4.37. The molecule has 2 heterocycles. The first-order chi connectivity index (χ1) is 12.7. The molecule has 0 saturated heterocycles. The molecule has 2 aromatic heterocycles. The predicted octanol–water partition coefficient (Wildman–Crippen LogP) is 4.84. The highest BCUT2D eigenvalue weighted by molar-refractivity contribution is 5.87. The lowest BCUT2D eigenvalue weighted by Gasteiger charge is -2.21. The standard InChI is InChI=1S/C19H19F3N4O/c1-10-14(6-5-7-16(10)19(20,21)22)11(2)24-18-15-8-13(27-4)9-23-17(15)25-12(3)26-18/h5-9,11H,1-4H3,(H,23,24,25,26)/t11-/m1/s1. The molecule has 0 unspecified atom stereocenters. The first kappa shape index (κ1) is 18.9. The molecule has 1 atom stereocenters. The number of fused-ring (bicyclic) bond motifs is 1. The highest BCUT2D eigenvalue weighted by Crippen LogP contribution is 2.35. The summed E-state index contributed by atoms with van der Waals surface area (Å²) in [5.41, 5.74) is 0.584. The van der Waals surface area contributed by atoms with Crippen LogP contribution in [0.25, 0.3) is 11.0 Å². The number of hydrogen-bond acceptors (Lipinski definition) is 5. The minimum Gasteiger partial charge on any atom is -0.495 e. The Hall–Kier alpha value is -2.90. The van der Waals surface area contributed by atoms with Gasteiger partial charge in [-0.25, -0.2) is 15.0 Å². The number of hydrogen-bond donors (Lipinski definition) is 1. The first-order valence-electron chi connectivity index (χ1n) is 8.32. The van der Waals surface area contributed by atoms with Crippen LogP contribution in [0.3, 0.4) is 0 Å². The van der Waals surface area contributed by atoms with Crippen LogP contribution in [0.2, 0.25) is 0 Å². The maximum Gasteiger partial charge on any atom is 0.416 e. The van der Waals surface area contributed by atoms with Crippen LogP contribution in [-0.2, 0) is 6.18 Å². The molecule has 1 aromatic carbocycles. The largest absolute Gasteiger partial charge is 0.495 e. The summed E-state index contributed by atoms with van der Waals surface area (Å²) in [7, 11) is 1.53. The maximum atomic E-state index is 13.2. The summed E-state index contributed by atoms with van der Waals surface area (Å²) in [5.74, 6) is 1.55. The van der Waals surface area contributed by atoms with Crippen LogP contribution < -0.4 is 10.1 Å². The van der Waals surface area contributed by atoms with E-state index >= 15 is 0 Å². The van der Waals surface area contributed by atoms with E-state index < -0.39 is 17.8 Å². The van der Waals surface area contributed by atoms with E-state index in [-0.39, 0.29) is 5.56 Å². The molecule has 0 spiro atoms. The molecule has 3 aromatic rings. The first-order valence-corrected chi connectivity index (χ1v) is 8.32. The number of pyridine rings is 1. The smallest absolute Gasteiger partial charge is 0.416 e. The number of ether oxygens (including phenoxy) is 1. The molecule has 27 heavy (non-hydrogen) atoms. The van der Waals surface area contributed by atoms with Gasteiger partial charge >= 0.3 is 6.18 Å². The van der Waals surface area contributed by atoms with Crippen molar-refractivity contribution in [1.82, 2.24) is 15.0 Å². The Morgan fingerprint density at radius 2 is 1.89 bits per heavy atom. The molecule has 0 radical (unpaired) electrons. The molecule has 0 bridgehead atoms. The fraction of sp³-hybridized carbons (Fsp3) is 0.316. The van der Waals surface area contributed by atoms with Crippen molar-refractivity contribution in [3.05, 3.63) is 53.0 Å². The van der Waals surface area contributed by atoms with Gasteiger partial charge in [-0.05, 0) is 44.0 Å². The molecule has 0 aliphatic carbocycles. The van der Waals surface area contributed by atoms with E-state index in [1.807, 2.05) is 0 Å². The number of halogens is 3. The van der Waals surface area contributed by atoms with Crippen LogP contribution in [0.4, 0.5) is 19.0 Å². The van der Waals surface area contributed by atoms with Gasteiger partial charge in [0.15, 0.2) is 5.65 Å².